The maximum Gasteiger partial charge on any atom is 0.127 e. The first-order valence-electron chi connectivity index (χ1n) is 6.56. The van der Waals surface area contributed by atoms with Gasteiger partial charge in [0.25, 0.3) is 0 Å². The molecule has 0 aliphatic heterocycles. The Morgan fingerprint density at radius 3 is 2.31 bits per heavy atom. The lowest BCUT2D eigenvalue weighted by Crippen LogP contribution is -2.13. The zero-order valence-electron chi connectivity index (χ0n) is 10.2. The summed E-state index contributed by atoms with van der Waals surface area (Å²) >= 11 is 0. The second-order valence-corrected chi connectivity index (χ2v) is 5.61. The molecule has 2 fully saturated rings. The van der Waals surface area contributed by atoms with Gasteiger partial charge in [0.2, 0.25) is 0 Å². The zero-order chi connectivity index (χ0) is 11.3. The van der Waals surface area contributed by atoms with Crippen LogP contribution in [0.1, 0.15) is 75.3 Å². The van der Waals surface area contributed by atoms with E-state index in [-0.39, 0.29) is 0 Å². The number of aromatic nitrogens is 2. The van der Waals surface area contributed by atoms with Crippen molar-refractivity contribution in [1.29, 1.82) is 0 Å². The van der Waals surface area contributed by atoms with Gasteiger partial charge in [-0.25, -0.2) is 4.98 Å². The van der Waals surface area contributed by atoms with Crippen molar-refractivity contribution in [3.63, 3.8) is 0 Å². The van der Waals surface area contributed by atoms with E-state index in [0.717, 1.165) is 5.82 Å². The summed E-state index contributed by atoms with van der Waals surface area (Å²) in [4.78, 5) is 4.85. The molecule has 3 nitrogen and oxygen atoms in total. The maximum atomic E-state index is 6.28. The van der Waals surface area contributed by atoms with Crippen LogP contribution in [0.15, 0.2) is 0 Å². The molecule has 1 aromatic heterocycles. The molecule has 1 aromatic rings. The van der Waals surface area contributed by atoms with E-state index in [4.69, 9.17) is 10.7 Å². The third-order valence-electron chi connectivity index (χ3n) is 3.95. The van der Waals surface area contributed by atoms with Crippen LogP contribution >= 0.6 is 0 Å². The van der Waals surface area contributed by atoms with E-state index in [0.29, 0.717) is 17.9 Å². The van der Waals surface area contributed by atoms with E-state index in [9.17, 15) is 0 Å². The fourth-order valence-corrected chi connectivity index (χ4v) is 2.64. The summed E-state index contributed by atoms with van der Waals surface area (Å²) in [6, 6.07) is 0.442. The number of nitrogen functional groups attached to an aromatic ring is 1. The summed E-state index contributed by atoms with van der Waals surface area (Å²) in [7, 11) is 0. The highest BCUT2D eigenvalue weighted by Gasteiger charge is 2.34. The molecular weight excluding hydrogens is 198 g/mol. The molecule has 2 N–H and O–H groups in total. The average Bonchev–Trinajstić information content (AvgIpc) is 2.90. The lowest BCUT2D eigenvalue weighted by atomic mass is 9.83. The van der Waals surface area contributed by atoms with Gasteiger partial charge in [-0.2, -0.15) is 0 Å². The second-order valence-electron chi connectivity index (χ2n) is 5.61. The van der Waals surface area contributed by atoms with Crippen LogP contribution in [0.3, 0.4) is 0 Å². The summed E-state index contributed by atoms with van der Waals surface area (Å²) in [5.41, 5.74) is 7.48. The van der Waals surface area contributed by atoms with Crippen LogP contribution in [0.2, 0.25) is 0 Å². The van der Waals surface area contributed by atoms with Gasteiger partial charge in [-0.15, -0.1) is 0 Å². The van der Waals surface area contributed by atoms with Gasteiger partial charge >= 0.3 is 0 Å². The molecule has 1 heterocycles. The van der Waals surface area contributed by atoms with Crippen molar-refractivity contribution in [2.45, 2.75) is 63.8 Å². The van der Waals surface area contributed by atoms with Crippen LogP contribution in [0.4, 0.5) is 5.82 Å². The highest BCUT2D eigenvalue weighted by atomic mass is 15.2. The first-order chi connectivity index (χ1) is 7.68. The van der Waals surface area contributed by atoms with Crippen LogP contribution < -0.4 is 5.73 Å². The summed E-state index contributed by atoms with van der Waals surface area (Å²) in [5, 5.41) is 0. The third-order valence-corrected chi connectivity index (χ3v) is 3.95. The number of hydrogen-bond donors (Lipinski definition) is 1. The monoisotopic (exact) mass is 219 g/mol. The lowest BCUT2D eigenvalue weighted by Gasteiger charge is -2.24. The predicted molar refractivity (Wildman–Crippen MR) is 65.6 cm³/mol. The van der Waals surface area contributed by atoms with Crippen LogP contribution in [0, 0.1) is 0 Å². The number of nitrogens with two attached hydrogens (primary N) is 1. The van der Waals surface area contributed by atoms with E-state index in [2.05, 4.69) is 18.4 Å². The number of imidazole rings is 1. The molecule has 0 bridgehead atoms. The highest BCUT2D eigenvalue weighted by molar-refractivity contribution is 5.43. The molecule has 0 aromatic carbocycles. The Labute approximate surface area is 97.0 Å². The van der Waals surface area contributed by atoms with Crippen molar-refractivity contribution >= 4 is 5.82 Å². The molecule has 3 heteroatoms. The van der Waals surface area contributed by atoms with Gasteiger partial charge in [-0.05, 0) is 39.5 Å². The predicted octanol–water partition coefficient (Wildman–Crippen LogP) is 3.19. The molecule has 16 heavy (non-hydrogen) atoms. The standard InChI is InChI=1S/C13H21N3/c1-8(2)16-12(14)11(9-4-3-5-9)15-13(16)10-6-7-10/h8-10H,3-7,14H2,1-2H3. The van der Waals surface area contributed by atoms with Crippen molar-refractivity contribution in [1.82, 2.24) is 9.55 Å². The summed E-state index contributed by atoms with van der Waals surface area (Å²) in [6.07, 6.45) is 6.50. The fraction of sp³-hybridized carbons (Fsp3) is 0.769. The molecule has 2 aliphatic carbocycles. The number of hydrogen-bond acceptors (Lipinski definition) is 2. The Balaban J connectivity index is 2.02. The third kappa shape index (κ3) is 1.45. The Morgan fingerprint density at radius 2 is 1.88 bits per heavy atom. The quantitative estimate of drug-likeness (QED) is 0.848. The van der Waals surface area contributed by atoms with Crippen molar-refractivity contribution in [2.24, 2.45) is 0 Å². The molecule has 2 saturated carbocycles. The zero-order valence-corrected chi connectivity index (χ0v) is 10.2. The minimum absolute atomic E-state index is 0.442. The van der Waals surface area contributed by atoms with Gasteiger partial charge in [-0.1, -0.05) is 6.42 Å². The van der Waals surface area contributed by atoms with E-state index >= 15 is 0 Å². The van der Waals surface area contributed by atoms with Gasteiger partial charge in [0.1, 0.15) is 11.6 Å². The van der Waals surface area contributed by atoms with Crippen LogP contribution in [-0.4, -0.2) is 9.55 Å². The van der Waals surface area contributed by atoms with Crippen LogP contribution in [-0.2, 0) is 0 Å². The summed E-state index contributed by atoms with van der Waals surface area (Å²) in [5.74, 6) is 3.55. The van der Waals surface area contributed by atoms with Gasteiger partial charge in [0.15, 0.2) is 0 Å². The van der Waals surface area contributed by atoms with Crippen molar-refractivity contribution in [2.75, 3.05) is 5.73 Å². The largest absolute Gasteiger partial charge is 0.384 e. The number of nitrogens with zero attached hydrogens (tertiary/aromatic N) is 2. The normalized spacial score (nSPS) is 21.4. The van der Waals surface area contributed by atoms with Gasteiger partial charge in [0, 0.05) is 17.9 Å². The maximum absolute atomic E-state index is 6.28. The van der Waals surface area contributed by atoms with Gasteiger partial charge in [0.05, 0.1) is 5.69 Å². The Bertz CT molecular complexity index is 398. The first-order valence-corrected chi connectivity index (χ1v) is 6.56. The molecule has 0 amide bonds. The lowest BCUT2D eigenvalue weighted by molar-refractivity contribution is 0.413. The van der Waals surface area contributed by atoms with E-state index in [1.165, 1.54) is 43.6 Å². The summed E-state index contributed by atoms with van der Waals surface area (Å²) < 4.78 is 2.27. The van der Waals surface area contributed by atoms with Gasteiger partial charge < -0.3 is 10.3 Å². The smallest absolute Gasteiger partial charge is 0.127 e. The minimum Gasteiger partial charge on any atom is -0.384 e. The fourth-order valence-electron chi connectivity index (χ4n) is 2.64. The average molecular weight is 219 g/mol. The molecule has 0 spiro atoms. The molecule has 0 saturated heterocycles. The van der Waals surface area contributed by atoms with E-state index in [1.807, 2.05) is 0 Å². The molecular formula is C13H21N3. The molecule has 0 unspecified atom stereocenters. The minimum atomic E-state index is 0.442. The molecule has 2 aliphatic rings. The van der Waals surface area contributed by atoms with Crippen LogP contribution in [0.25, 0.3) is 0 Å². The Hall–Kier alpha value is -0.990. The molecule has 0 atom stereocenters. The topological polar surface area (TPSA) is 43.8 Å². The van der Waals surface area contributed by atoms with Crippen LogP contribution in [0.5, 0.6) is 0 Å². The van der Waals surface area contributed by atoms with Crippen molar-refractivity contribution in [3.05, 3.63) is 11.5 Å². The Morgan fingerprint density at radius 1 is 1.19 bits per heavy atom. The van der Waals surface area contributed by atoms with Crippen molar-refractivity contribution in [3.8, 4) is 0 Å². The highest BCUT2D eigenvalue weighted by Crippen LogP contribution is 2.45. The van der Waals surface area contributed by atoms with Gasteiger partial charge in [-0.3, -0.25) is 0 Å². The van der Waals surface area contributed by atoms with Crippen molar-refractivity contribution < 1.29 is 0 Å². The Kier molecular flexibility index (Phi) is 2.23. The summed E-state index contributed by atoms with van der Waals surface area (Å²) in [6.45, 7) is 4.41. The molecule has 3 rings (SSSR count). The number of anilines is 1. The molecule has 0 radical (unpaired) electrons. The SMILES string of the molecule is CC(C)n1c(C2CC2)nc(C2CCC2)c1N. The van der Waals surface area contributed by atoms with E-state index in [1.54, 1.807) is 0 Å². The first kappa shape index (κ1) is 10.2. The second kappa shape index (κ2) is 3.51. The van der Waals surface area contributed by atoms with E-state index < -0.39 is 0 Å². The molecule has 88 valence electrons. The number of rotatable bonds is 3.